The third-order valence-electron chi connectivity index (χ3n) is 4.42. The molecule has 0 aliphatic carbocycles. The van der Waals surface area contributed by atoms with E-state index in [4.69, 9.17) is 5.73 Å². The molecule has 0 radical (unpaired) electrons. The van der Waals surface area contributed by atoms with Gasteiger partial charge in [0.1, 0.15) is 5.69 Å². The fourth-order valence-electron chi connectivity index (χ4n) is 2.81. The Balaban J connectivity index is 2.06. The summed E-state index contributed by atoms with van der Waals surface area (Å²) in [5.41, 5.74) is 9.89. The van der Waals surface area contributed by atoms with Crippen LogP contribution in [-0.4, -0.2) is 54.1 Å². The lowest BCUT2D eigenvalue weighted by molar-refractivity contribution is 0.0760. The molecule has 1 saturated heterocycles. The first-order valence-corrected chi connectivity index (χ1v) is 10.2. The second kappa shape index (κ2) is 7.35. The monoisotopic (exact) mass is 376 g/mol. The standard InChI is InChI=1S/C18H24N4OS2/c1-11-5-6-13(9-12(11)2)16-15(20-18(25-16)21(3)4)17(23)22-7-8-24-14(22)10-19/h5-6,9,14H,7-8,10,19H2,1-4H3. The van der Waals surface area contributed by atoms with Crippen LogP contribution in [0.3, 0.4) is 0 Å². The second-order valence-corrected chi connectivity index (χ2v) is 8.69. The Kier molecular flexibility index (Phi) is 5.36. The average Bonchev–Trinajstić information content (AvgIpc) is 3.23. The quantitative estimate of drug-likeness (QED) is 0.889. The minimum Gasteiger partial charge on any atom is -0.354 e. The van der Waals surface area contributed by atoms with Crippen molar-refractivity contribution in [2.75, 3.05) is 37.8 Å². The lowest BCUT2D eigenvalue weighted by Crippen LogP contribution is -2.39. The van der Waals surface area contributed by atoms with Crippen molar-refractivity contribution < 1.29 is 4.79 Å². The molecule has 1 atom stereocenters. The van der Waals surface area contributed by atoms with Gasteiger partial charge in [-0.25, -0.2) is 4.98 Å². The number of benzene rings is 1. The number of carbonyl (C=O) groups excluding carboxylic acids is 1. The molecule has 0 bridgehead atoms. The summed E-state index contributed by atoms with van der Waals surface area (Å²) in [6.07, 6.45) is 0. The van der Waals surface area contributed by atoms with Crippen molar-refractivity contribution in [1.82, 2.24) is 9.88 Å². The Labute approximate surface area is 157 Å². The molecule has 134 valence electrons. The number of aryl methyl sites for hydroxylation is 2. The third-order valence-corrected chi connectivity index (χ3v) is 6.94. The predicted octanol–water partition coefficient (Wildman–Crippen LogP) is 2.97. The maximum Gasteiger partial charge on any atom is 0.275 e. The minimum atomic E-state index is -0.0157. The molecule has 1 aromatic carbocycles. The summed E-state index contributed by atoms with van der Waals surface area (Å²) in [5, 5.41) is 0.886. The topological polar surface area (TPSA) is 62.5 Å². The van der Waals surface area contributed by atoms with Crippen molar-refractivity contribution in [2.24, 2.45) is 5.73 Å². The molecule has 0 spiro atoms. The van der Waals surface area contributed by atoms with Crippen LogP contribution in [0.5, 0.6) is 0 Å². The molecule has 1 aliphatic heterocycles. The average molecular weight is 377 g/mol. The van der Waals surface area contributed by atoms with Gasteiger partial charge < -0.3 is 15.5 Å². The Morgan fingerprint density at radius 1 is 1.36 bits per heavy atom. The van der Waals surface area contributed by atoms with Gasteiger partial charge >= 0.3 is 0 Å². The van der Waals surface area contributed by atoms with Crippen LogP contribution in [0.2, 0.25) is 0 Å². The fourth-order valence-corrected chi connectivity index (χ4v) is 4.88. The highest BCUT2D eigenvalue weighted by atomic mass is 32.2. The van der Waals surface area contributed by atoms with E-state index in [1.54, 1.807) is 23.1 Å². The number of hydrogen-bond acceptors (Lipinski definition) is 6. The van der Waals surface area contributed by atoms with Crippen molar-refractivity contribution >= 4 is 34.1 Å². The highest BCUT2D eigenvalue weighted by Gasteiger charge is 2.32. The van der Waals surface area contributed by atoms with Crippen LogP contribution in [0, 0.1) is 13.8 Å². The van der Waals surface area contributed by atoms with E-state index in [0.29, 0.717) is 12.2 Å². The smallest absolute Gasteiger partial charge is 0.275 e. The first-order chi connectivity index (χ1) is 11.9. The molecule has 25 heavy (non-hydrogen) atoms. The van der Waals surface area contributed by atoms with E-state index in [0.717, 1.165) is 27.9 Å². The second-order valence-electron chi connectivity index (χ2n) is 6.43. The van der Waals surface area contributed by atoms with E-state index >= 15 is 0 Å². The number of thioether (sulfide) groups is 1. The van der Waals surface area contributed by atoms with E-state index in [1.165, 1.54) is 11.1 Å². The Hall–Kier alpha value is -1.57. The molecule has 3 rings (SSSR count). The van der Waals surface area contributed by atoms with Crippen molar-refractivity contribution in [1.29, 1.82) is 0 Å². The van der Waals surface area contributed by atoms with Gasteiger partial charge in [0.15, 0.2) is 5.13 Å². The number of nitrogens with two attached hydrogens (primary N) is 1. The number of nitrogens with zero attached hydrogens (tertiary/aromatic N) is 3. The highest BCUT2D eigenvalue weighted by Crippen LogP contribution is 2.37. The van der Waals surface area contributed by atoms with Crippen molar-refractivity contribution in [2.45, 2.75) is 19.2 Å². The SMILES string of the molecule is Cc1ccc(-c2sc(N(C)C)nc2C(=O)N2CCSC2CN)cc1C. The Morgan fingerprint density at radius 3 is 2.76 bits per heavy atom. The van der Waals surface area contributed by atoms with E-state index in [2.05, 4.69) is 37.0 Å². The maximum absolute atomic E-state index is 13.2. The summed E-state index contributed by atoms with van der Waals surface area (Å²) < 4.78 is 0. The lowest BCUT2D eigenvalue weighted by atomic mass is 10.0. The predicted molar refractivity (Wildman–Crippen MR) is 108 cm³/mol. The van der Waals surface area contributed by atoms with Gasteiger partial charge in [-0.3, -0.25) is 4.79 Å². The van der Waals surface area contributed by atoms with E-state index in [9.17, 15) is 4.79 Å². The van der Waals surface area contributed by atoms with Gasteiger partial charge in [0.05, 0.1) is 10.3 Å². The zero-order valence-electron chi connectivity index (χ0n) is 15.1. The largest absolute Gasteiger partial charge is 0.354 e. The van der Waals surface area contributed by atoms with Gasteiger partial charge in [-0.1, -0.05) is 29.5 Å². The number of hydrogen-bond donors (Lipinski definition) is 1. The molecule has 1 fully saturated rings. The summed E-state index contributed by atoms with van der Waals surface area (Å²) in [6.45, 7) is 5.39. The molecule has 1 aromatic heterocycles. The molecule has 1 amide bonds. The third kappa shape index (κ3) is 3.54. The van der Waals surface area contributed by atoms with Crippen LogP contribution < -0.4 is 10.6 Å². The first kappa shape index (κ1) is 18.2. The summed E-state index contributed by atoms with van der Waals surface area (Å²) in [5.74, 6) is 0.912. The molecule has 2 heterocycles. The minimum absolute atomic E-state index is 0.0157. The van der Waals surface area contributed by atoms with Crippen LogP contribution in [0.1, 0.15) is 21.6 Å². The zero-order chi connectivity index (χ0) is 18.1. The van der Waals surface area contributed by atoms with Gasteiger partial charge in [-0.2, -0.15) is 0 Å². The van der Waals surface area contributed by atoms with Gasteiger partial charge in [-0.15, -0.1) is 11.8 Å². The van der Waals surface area contributed by atoms with Crippen molar-refractivity contribution in [3.8, 4) is 10.4 Å². The fraction of sp³-hybridized carbons (Fsp3) is 0.444. The van der Waals surface area contributed by atoms with Crippen LogP contribution in [0.25, 0.3) is 10.4 Å². The molecular weight excluding hydrogens is 352 g/mol. The van der Waals surface area contributed by atoms with Crippen LogP contribution in [-0.2, 0) is 0 Å². The number of amides is 1. The first-order valence-electron chi connectivity index (χ1n) is 8.30. The molecule has 1 aliphatic rings. The Bertz CT molecular complexity index is 787. The summed E-state index contributed by atoms with van der Waals surface area (Å²) in [4.78, 5) is 22.6. The van der Waals surface area contributed by atoms with E-state index < -0.39 is 0 Å². The number of carbonyl (C=O) groups is 1. The Morgan fingerprint density at radius 2 is 2.12 bits per heavy atom. The zero-order valence-corrected chi connectivity index (χ0v) is 16.7. The van der Waals surface area contributed by atoms with Crippen LogP contribution >= 0.6 is 23.1 Å². The van der Waals surface area contributed by atoms with Crippen molar-refractivity contribution in [3.63, 3.8) is 0 Å². The normalized spacial score (nSPS) is 17.2. The number of thiazole rings is 1. The molecule has 0 saturated carbocycles. The van der Waals surface area contributed by atoms with Crippen LogP contribution in [0.15, 0.2) is 18.2 Å². The van der Waals surface area contributed by atoms with Gasteiger partial charge in [0, 0.05) is 32.9 Å². The van der Waals surface area contributed by atoms with Gasteiger partial charge in [-0.05, 0) is 30.5 Å². The maximum atomic E-state index is 13.2. The summed E-state index contributed by atoms with van der Waals surface area (Å²) >= 11 is 3.30. The molecule has 5 nitrogen and oxygen atoms in total. The molecule has 2 aromatic rings. The van der Waals surface area contributed by atoms with Gasteiger partial charge in [0.2, 0.25) is 0 Å². The summed E-state index contributed by atoms with van der Waals surface area (Å²) in [7, 11) is 3.90. The van der Waals surface area contributed by atoms with Crippen molar-refractivity contribution in [3.05, 3.63) is 35.0 Å². The lowest BCUT2D eigenvalue weighted by Gasteiger charge is -2.22. The van der Waals surface area contributed by atoms with Gasteiger partial charge in [0.25, 0.3) is 5.91 Å². The van der Waals surface area contributed by atoms with E-state index in [-0.39, 0.29) is 11.3 Å². The molecule has 1 unspecified atom stereocenters. The number of rotatable bonds is 4. The summed E-state index contributed by atoms with van der Waals surface area (Å²) in [6, 6.07) is 6.31. The molecule has 7 heteroatoms. The highest BCUT2D eigenvalue weighted by molar-refractivity contribution is 8.00. The number of anilines is 1. The van der Waals surface area contributed by atoms with Crippen LogP contribution in [0.4, 0.5) is 5.13 Å². The van der Waals surface area contributed by atoms with E-state index in [1.807, 2.05) is 23.9 Å². The molecular formula is C18H24N4OS2. The molecule has 2 N–H and O–H groups in total. The number of aromatic nitrogens is 1.